The van der Waals surface area contributed by atoms with Crippen molar-refractivity contribution in [3.05, 3.63) is 52.2 Å². The largest absolute Gasteiger partial charge is 0.478 e. The number of aromatic nitrogens is 2. The van der Waals surface area contributed by atoms with Gasteiger partial charge in [-0.3, -0.25) is 4.79 Å². The van der Waals surface area contributed by atoms with E-state index in [0.717, 1.165) is 0 Å². The second-order valence-electron chi connectivity index (χ2n) is 3.59. The smallest absolute Gasteiger partial charge is 0.335 e. The molecule has 2 N–H and O–H groups in total. The van der Waals surface area contributed by atoms with E-state index in [1.807, 2.05) is 0 Å². The molecule has 0 atom stereocenters. The van der Waals surface area contributed by atoms with Gasteiger partial charge >= 0.3 is 5.97 Å². The first-order chi connectivity index (χ1) is 8.08. The Morgan fingerprint density at radius 3 is 2.47 bits per heavy atom. The lowest BCUT2D eigenvalue weighted by Gasteiger charge is -2.01. The molecular weight excluding hydrogens is 220 g/mol. The minimum Gasteiger partial charge on any atom is -0.478 e. The van der Waals surface area contributed by atoms with Crippen LogP contribution in [0.25, 0.3) is 11.1 Å². The third-order valence-electron chi connectivity index (χ3n) is 2.37. The van der Waals surface area contributed by atoms with Gasteiger partial charge in [-0.1, -0.05) is 12.1 Å². The van der Waals surface area contributed by atoms with Gasteiger partial charge in [-0.15, -0.1) is 0 Å². The summed E-state index contributed by atoms with van der Waals surface area (Å²) in [6.45, 7) is 1.69. The number of benzene rings is 1. The van der Waals surface area contributed by atoms with Crippen molar-refractivity contribution < 1.29 is 9.90 Å². The Bertz CT molecular complexity index is 614. The Labute approximate surface area is 96.8 Å². The van der Waals surface area contributed by atoms with Crippen LogP contribution in [0, 0.1) is 6.92 Å². The highest BCUT2D eigenvalue weighted by Crippen LogP contribution is 2.15. The predicted octanol–water partition coefficient (Wildman–Crippen LogP) is 1.44. The molecule has 86 valence electrons. The molecule has 0 amide bonds. The normalized spacial score (nSPS) is 10.2. The fourth-order valence-corrected chi connectivity index (χ4v) is 1.48. The molecule has 0 spiro atoms. The number of hydrogen-bond donors (Lipinski definition) is 2. The number of carbonyl (C=O) groups is 1. The van der Waals surface area contributed by atoms with Gasteiger partial charge in [0.15, 0.2) is 0 Å². The summed E-state index contributed by atoms with van der Waals surface area (Å²) in [6.07, 6.45) is 1.48. The van der Waals surface area contributed by atoms with Crippen LogP contribution in [0.5, 0.6) is 0 Å². The van der Waals surface area contributed by atoms with Crippen LogP contribution in [-0.2, 0) is 0 Å². The molecule has 0 aliphatic heterocycles. The highest BCUT2D eigenvalue weighted by molar-refractivity contribution is 5.88. The average Bonchev–Trinajstić information content (AvgIpc) is 2.29. The maximum atomic E-state index is 11.6. The molecule has 0 unspecified atom stereocenters. The molecule has 5 nitrogen and oxygen atoms in total. The number of H-pyrrole nitrogens is 1. The molecule has 1 aromatic heterocycles. The summed E-state index contributed by atoms with van der Waals surface area (Å²) in [5.41, 5.74) is 1.02. The van der Waals surface area contributed by atoms with Gasteiger partial charge in [0.1, 0.15) is 5.82 Å². The first-order valence-corrected chi connectivity index (χ1v) is 4.97. The highest BCUT2D eigenvalue weighted by Gasteiger charge is 2.06. The predicted molar refractivity (Wildman–Crippen MR) is 62.0 cm³/mol. The van der Waals surface area contributed by atoms with Gasteiger partial charge in [0, 0.05) is 6.20 Å². The maximum absolute atomic E-state index is 11.6. The van der Waals surface area contributed by atoms with E-state index in [-0.39, 0.29) is 11.1 Å². The minimum absolute atomic E-state index is 0.185. The van der Waals surface area contributed by atoms with E-state index in [1.54, 1.807) is 19.1 Å². The van der Waals surface area contributed by atoms with Crippen LogP contribution in [0.4, 0.5) is 0 Å². The fraction of sp³-hybridized carbons (Fsp3) is 0.0833. The van der Waals surface area contributed by atoms with E-state index < -0.39 is 5.97 Å². The number of aromatic amines is 1. The van der Waals surface area contributed by atoms with E-state index >= 15 is 0 Å². The Morgan fingerprint density at radius 2 is 1.94 bits per heavy atom. The lowest BCUT2D eigenvalue weighted by Crippen LogP contribution is -2.11. The van der Waals surface area contributed by atoms with Crippen molar-refractivity contribution in [2.24, 2.45) is 0 Å². The number of aryl methyl sites for hydroxylation is 1. The van der Waals surface area contributed by atoms with Gasteiger partial charge in [0.25, 0.3) is 5.56 Å². The molecule has 0 radical (unpaired) electrons. The van der Waals surface area contributed by atoms with Gasteiger partial charge in [0.2, 0.25) is 0 Å². The molecule has 17 heavy (non-hydrogen) atoms. The summed E-state index contributed by atoms with van der Waals surface area (Å²) >= 11 is 0. The van der Waals surface area contributed by atoms with Crippen LogP contribution in [0.3, 0.4) is 0 Å². The maximum Gasteiger partial charge on any atom is 0.335 e. The van der Waals surface area contributed by atoms with Crippen molar-refractivity contribution in [2.75, 3.05) is 0 Å². The van der Waals surface area contributed by atoms with Crippen LogP contribution in [0.1, 0.15) is 16.2 Å². The number of nitrogens with one attached hydrogen (secondary N) is 1. The van der Waals surface area contributed by atoms with Gasteiger partial charge in [-0.2, -0.15) is 0 Å². The van der Waals surface area contributed by atoms with Crippen molar-refractivity contribution >= 4 is 5.97 Å². The second-order valence-corrected chi connectivity index (χ2v) is 3.59. The molecule has 0 saturated carbocycles. The molecule has 5 heteroatoms. The van der Waals surface area contributed by atoms with Crippen molar-refractivity contribution in [2.45, 2.75) is 6.92 Å². The average molecular weight is 230 g/mol. The van der Waals surface area contributed by atoms with Crippen molar-refractivity contribution in [1.29, 1.82) is 0 Å². The SMILES string of the molecule is Cc1ncc(-c2ccc(C(=O)O)cc2)c(=O)[nH]1. The van der Waals surface area contributed by atoms with E-state index in [0.29, 0.717) is 17.0 Å². The molecular formula is C12H10N2O3. The topological polar surface area (TPSA) is 83.0 Å². The van der Waals surface area contributed by atoms with Crippen molar-refractivity contribution in [3.63, 3.8) is 0 Å². The zero-order valence-electron chi connectivity index (χ0n) is 9.10. The van der Waals surface area contributed by atoms with E-state index in [4.69, 9.17) is 5.11 Å². The van der Waals surface area contributed by atoms with E-state index in [2.05, 4.69) is 9.97 Å². The number of aromatic carboxylic acids is 1. The molecule has 0 bridgehead atoms. The molecule has 2 rings (SSSR count). The zero-order chi connectivity index (χ0) is 12.4. The summed E-state index contributed by atoms with van der Waals surface area (Å²) in [7, 11) is 0. The van der Waals surface area contributed by atoms with E-state index in [9.17, 15) is 9.59 Å². The zero-order valence-corrected chi connectivity index (χ0v) is 9.10. The van der Waals surface area contributed by atoms with Crippen molar-refractivity contribution in [3.8, 4) is 11.1 Å². The third kappa shape index (κ3) is 2.23. The molecule has 0 aliphatic rings. The number of carboxylic acid groups (broad SMARTS) is 1. The van der Waals surface area contributed by atoms with Crippen LogP contribution < -0.4 is 5.56 Å². The minimum atomic E-state index is -0.993. The Kier molecular flexibility index (Phi) is 2.74. The summed E-state index contributed by atoms with van der Waals surface area (Å²) in [4.78, 5) is 28.9. The molecule has 1 heterocycles. The Morgan fingerprint density at radius 1 is 1.29 bits per heavy atom. The van der Waals surface area contributed by atoms with Crippen LogP contribution in [-0.4, -0.2) is 21.0 Å². The third-order valence-corrected chi connectivity index (χ3v) is 2.37. The van der Waals surface area contributed by atoms with Gasteiger partial charge in [0.05, 0.1) is 11.1 Å². The van der Waals surface area contributed by atoms with Crippen molar-refractivity contribution in [1.82, 2.24) is 9.97 Å². The number of nitrogens with zero attached hydrogens (tertiary/aromatic N) is 1. The van der Waals surface area contributed by atoms with Crippen LogP contribution in [0.15, 0.2) is 35.3 Å². The summed E-state index contributed by atoms with van der Waals surface area (Å²) in [6, 6.07) is 6.09. The van der Waals surface area contributed by atoms with Gasteiger partial charge in [-0.05, 0) is 24.6 Å². The number of carboxylic acids is 1. The monoisotopic (exact) mass is 230 g/mol. The standard InChI is InChI=1S/C12H10N2O3/c1-7-13-6-10(11(15)14-7)8-2-4-9(5-3-8)12(16)17/h2-6H,1H3,(H,16,17)(H,13,14,15). The summed E-state index contributed by atoms with van der Waals surface area (Å²) in [5.74, 6) is -0.451. The first-order valence-electron chi connectivity index (χ1n) is 4.97. The number of rotatable bonds is 2. The molecule has 2 aromatic rings. The first kappa shape index (κ1) is 11.1. The van der Waals surface area contributed by atoms with Crippen LogP contribution in [0.2, 0.25) is 0 Å². The molecule has 0 aliphatic carbocycles. The molecule has 0 saturated heterocycles. The molecule has 0 fully saturated rings. The highest BCUT2D eigenvalue weighted by atomic mass is 16.4. The summed E-state index contributed by atoms with van der Waals surface area (Å²) in [5, 5.41) is 8.76. The lowest BCUT2D eigenvalue weighted by molar-refractivity contribution is 0.0697. The molecule has 1 aromatic carbocycles. The quantitative estimate of drug-likeness (QED) is 0.817. The summed E-state index contributed by atoms with van der Waals surface area (Å²) < 4.78 is 0. The fourth-order valence-electron chi connectivity index (χ4n) is 1.48. The Balaban J connectivity index is 2.47. The van der Waals surface area contributed by atoms with E-state index in [1.165, 1.54) is 18.3 Å². The van der Waals surface area contributed by atoms with Crippen LogP contribution >= 0.6 is 0 Å². The van der Waals surface area contributed by atoms with Gasteiger partial charge in [-0.25, -0.2) is 9.78 Å². The van der Waals surface area contributed by atoms with Gasteiger partial charge < -0.3 is 10.1 Å². The Hall–Kier alpha value is -2.43. The number of hydrogen-bond acceptors (Lipinski definition) is 3. The lowest BCUT2D eigenvalue weighted by atomic mass is 10.1. The second kappa shape index (κ2) is 4.21.